The van der Waals surface area contributed by atoms with Crippen molar-refractivity contribution in [2.45, 2.75) is 32.9 Å². The van der Waals surface area contributed by atoms with E-state index in [2.05, 4.69) is 20.6 Å². The molecule has 0 saturated carbocycles. The van der Waals surface area contributed by atoms with E-state index in [1.54, 1.807) is 25.5 Å². The van der Waals surface area contributed by atoms with Crippen LogP contribution in [0.25, 0.3) is 0 Å². The molecular formula is C12H22N4OS. The lowest BCUT2D eigenvalue weighted by Crippen LogP contribution is -2.45. The van der Waals surface area contributed by atoms with Crippen LogP contribution in [0, 0.1) is 6.92 Å². The van der Waals surface area contributed by atoms with Crippen LogP contribution < -0.4 is 10.6 Å². The van der Waals surface area contributed by atoms with Crippen LogP contribution in [0.1, 0.15) is 24.4 Å². The van der Waals surface area contributed by atoms with E-state index in [9.17, 15) is 0 Å². The summed E-state index contributed by atoms with van der Waals surface area (Å²) in [5.74, 6) is 0.771. The molecule has 0 bridgehead atoms. The molecule has 1 aromatic rings. The van der Waals surface area contributed by atoms with Gasteiger partial charge in [-0.3, -0.25) is 4.99 Å². The number of nitrogens with one attached hydrogen (secondary N) is 2. The quantitative estimate of drug-likeness (QED) is 0.629. The van der Waals surface area contributed by atoms with Crippen molar-refractivity contribution in [1.29, 1.82) is 0 Å². The molecule has 2 N–H and O–H groups in total. The number of guanidine groups is 1. The molecule has 0 unspecified atom stereocenters. The van der Waals surface area contributed by atoms with E-state index in [-0.39, 0.29) is 5.60 Å². The van der Waals surface area contributed by atoms with Gasteiger partial charge in [0.05, 0.1) is 23.4 Å². The second-order valence-corrected chi connectivity index (χ2v) is 5.54. The van der Waals surface area contributed by atoms with Crippen molar-refractivity contribution < 1.29 is 4.74 Å². The molecule has 0 amide bonds. The van der Waals surface area contributed by atoms with Crippen LogP contribution in [0.3, 0.4) is 0 Å². The van der Waals surface area contributed by atoms with Crippen molar-refractivity contribution in [2.75, 3.05) is 20.7 Å². The van der Waals surface area contributed by atoms with Gasteiger partial charge in [-0.05, 0) is 20.8 Å². The average molecular weight is 270 g/mol. The molecule has 5 nitrogen and oxygen atoms in total. The summed E-state index contributed by atoms with van der Waals surface area (Å²) in [7, 11) is 3.47. The minimum absolute atomic E-state index is 0.210. The van der Waals surface area contributed by atoms with Crippen LogP contribution in [0.4, 0.5) is 0 Å². The predicted octanol–water partition coefficient (Wildman–Crippen LogP) is 1.54. The fourth-order valence-electron chi connectivity index (χ4n) is 1.25. The highest BCUT2D eigenvalue weighted by molar-refractivity contribution is 7.09. The molecule has 18 heavy (non-hydrogen) atoms. The van der Waals surface area contributed by atoms with Crippen LogP contribution in [0.15, 0.2) is 10.5 Å². The Morgan fingerprint density at radius 3 is 2.72 bits per heavy atom. The fourth-order valence-corrected chi connectivity index (χ4v) is 1.97. The number of hydrogen-bond acceptors (Lipinski definition) is 4. The zero-order chi connectivity index (χ0) is 13.6. The van der Waals surface area contributed by atoms with Gasteiger partial charge in [-0.2, -0.15) is 0 Å². The number of aliphatic imine (C=N–C) groups is 1. The van der Waals surface area contributed by atoms with Crippen molar-refractivity contribution in [3.63, 3.8) is 0 Å². The van der Waals surface area contributed by atoms with E-state index in [0.29, 0.717) is 6.54 Å². The Balaban J connectivity index is 2.42. The average Bonchev–Trinajstić information content (AvgIpc) is 2.75. The second-order valence-electron chi connectivity index (χ2n) is 4.60. The first kappa shape index (κ1) is 14.9. The van der Waals surface area contributed by atoms with Crippen LogP contribution in [-0.2, 0) is 11.3 Å². The molecule has 0 radical (unpaired) electrons. The molecule has 0 fully saturated rings. The summed E-state index contributed by atoms with van der Waals surface area (Å²) < 4.78 is 5.35. The first-order chi connectivity index (χ1) is 8.48. The van der Waals surface area contributed by atoms with E-state index >= 15 is 0 Å². The van der Waals surface area contributed by atoms with E-state index in [1.165, 1.54) is 4.88 Å². The maximum absolute atomic E-state index is 5.35. The maximum atomic E-state index is 5.35. The lowest BCUT2D eigenvalue weighted by molar-refractivity contribution is 0.0268. The molecule has 1 rings (SSSR count). The Bertz CT molecular complexity index is 401. The molecule has 0 aliphatic rings. The Labute approximate surface area is 113 Å². The minimum Gasteiger partial charge on any atom is -0.377 e. The van der Waals surface area contributed by atoms with Crippen LogP contribution in [0.2, 0.25) is 0 Å². The molecular weight excluding hydrogens is 248 g/mol. The van der Waals surface area contributed by atoms with Gasteiger partial charge in [0, 0.05) is 25.6 Å². The van der Waals surface area contributed by atoms with Crippen molar-refractivity contribution in [1.82, 2.24) is 15.6 Å². The summed E-state index contributed by atoms with van der Waals surface area (Å²) in [6.45, 7) is 7.51. The van der Waals surface area contributed by atoms with Crippen molar-refractivity contribution >= 4 is 17.3 Å². The SMILES string of the molecule is CN=C(NCc1scnc1C)NCC(C)(C)OC. The number of aromatic nitrogens is 1. The minimum atomic E-state index is -0.210. The van der Waals surface area contributed by atoms with Gasteiger partial charge < -0.3 is 15.4 Å². The zero-order valence-corrected chi connectivity index (χ0v) is 12.5. The number of hydrogen-bond donors (Lipinski definition) is 2. The fraction of sp³-hybridized carbons (Fsp3) is 0.667. The number of methoxy groups -OCH3 is 1. The number of aryl methyl sites for hydroxylation is 1. The first-order valence-electron chi connectivity index (χ1n) is 5.87. The van der Waals surface area contributed by atoms with Gasteiger partial charge in [0.2, 0.25) is 0 Å². The van der Waals surface area contributed by atoms with Gasteiger partial charge in [-0.15, -0.1) is 11.3 Å². The summed E-state index contributed by atoms with van der Waals surface area (Å²) in [6.07, 6.45) is 0. The molecule has 0 aliphatic carbocycles. The third-order valence-electron chi connectivity index (χ3n) is 2.72. The van der Waals surface area contributed by atoms with E-state index in [1.807, 2.05) is 26.3 Å². The third-order valence-corrected chi connectivity index (χ3v) is 3.65. The number of nitrogens with zero attached hydrogens (tertiary/aromatic N) is 2. The number of rotatable bonds is 5. The number of thiazole rings is 1. The topological polar surface area (TPSA) is 58.5 Å². The lowest BCUT2D eigenvalue weighted by atomic mass is 10.1. The lowest BCUT2D eigenvalue weighted by Gasteiger charge is -2.24. The van der Waals surface area contributed by atoms with Gasteiger partial charge in [0.15, 0.2) is 5.96 Å². The van der Waals surface area contributed by atoms with Gasteiger partial charge in [0.25, 0.3) is 0 Å². The molecule has 0 atom stereocenters. The molecule has 0 aliphatic heterocycles. The van der Waals surface area contributed by atoms with Gasteiger partial charge in [-0.1, -0.05) is 0 Å². The highest BCUT2D eigenvalue weighted by atomic mass is 32.1. The second kappa shape index (κ2) is 6.70. The smallest absolute Gasteiger partial charge is 0.191 e. The normalized spacial score (nSPS) is 12.6. The highest BCUT2D eigenvalue weighted by Crippen LogP contribution is 2.11. The monoisotopic (exact) mass is 270 g/mol. The Hall–Kier alpha value is -1.14. The van der Waals surface area contributed by atoms with E-state index in [4.69, 9.17) is 4.74 Å². The molecule has 0 aromatic carbocycles. The van der Waals surface area contributed by atoms with Crippen LogP contribution >= 0.6 is 11.3 Å². The highest BCUT2D eigenvalue weighted by Gasteiger charge is 2.16. The van der Waals surface area contributed by atoms with E-state index in [0.717, 1.165) is 18.2 Å². The predicted molar refractivity (Wildman–Crippen MR) is 76.1 cm³/mol. The Kier molecular flexibility index (Phi) is 5.55. The summed E-state index contributed by atoms with van der Waals surface area (Å²) in [5.41, 5.74) is 2.72. The largest absolute Gasteiger partial charge is 0.377 e. The maximum Gasteiger partial charge on any atom is 0.191 e. The molecule has 6 heteroatoms. The summed E-state index contributed by atoms with van der Waals surface area (Å²) in [6, 6.07) is 0. The molecule has 1 aromatic heterocycles. The third kappa shape index (κ3) is 4.62. The van der Waals surface area contributed by atoms with Gasteiger partial charge in [-0.25, -0.2) is 4.98 Å². The van der Waals surface area contributed by atoms with E-state index < -0.39 is 0 Å². The van der Waals surface area contributed by atoms with Crippen molar-refractivity contribution in [2.24, 2.45) is 4.99 Å². The summed E-state index contributed by atoms with van der Waals surface area (Å²) >= 11 is 1.65. The molecule has 102 valence electrons. The zero-order valence-electron chi connectivity index (χ0n) is 11.7. The summed E-state index contributed by atoms with van der Waals surface area (Å²) in [4.78, 5) is 9.62. The number of ether oxygens (including phenoxy) is 1. The van der Waals surface area contributed by atoms with Crippen molar-refractivity contribution in [3.05, 3.63) is 16.1 Å². The van der Waals surface area contributed by atoms with Gasteiger partial charge >= 0.3 is 0 Å². The molecule has 1 heterocycles. The molecule has 0 saturated heterocycles. The van der Waals surface area contributed by atoms with Crippen LogP contribution in [-0.4, -0.2) is 37.2 Å². The molecule has 0 spiro atoms. The summed E-state index contributed by atoms with van der Waals surface area (Å²) in [5, 5.41) is 6.50. The Morgan fingerprint density at radius 1 is 1.50 bits per heavy atom. The standard InChI is InChI=1S/C12H22N4OS/c1-9-10(18-8-16-9)6-14-11(13-4)15-7-12(2,3)17-5/h8H,6-7H2,1-5H3,(H2,13,14,15). The first-order valence-corrected chi connectivity index (χ1v) is 6.75. The van der Waals surface area contributed by atoms with Crippen LogP contribution in [0.5, 0.6) is 0 Å². The van der Waals surface area contributed by atoms with Gasteiger partial charge in [0.1, 0.15) is 0 Å². The van der Waals surface area contributed by atoms with Crippen molar-refractivity contribution in [3.8, 4) is 0 Å². The Morgan fingerprint density at radius 2 is 2.22 bits per heavy atom.